The highest BCUT2D eigenvalue weighted by Gasteiger charge is 2.20. The first kappa shape index (κ1) is 16.0. The first-order valence-corrected chi connectivity index (χ1v) is 9.05. The highest BCUT2D eigenvalue weighted by Crippen LogP contribution is 2.17. The van der Waals surface area contributed by atoms with E-state index in [2.05, 4.69) is 10.0 Å². The molecule has 1 aromatic rings. The summed E-state index contributed by atoms with van der Waals surface area (Å²) in [6.45, 7) is 0.121. The number of nitrogens with one attached hydrogen (secondary N) is 2. The molecule has 21 heavy (non-hydrogen) atoms. The van der Waals surface area contributed by atoms with E-state index in [0.717, 1.165) is 25.7 Å². The van der Waals surface area contributed by atoms with E-state index in [0.29, 0.717) is 5.56 Å². The summed E-state index contributed by atoms with van der Waals surface area (Å²) in [5.41, 5.74) is 0.537. The average Bonchev–Trinajstić information content (AvgIpc) is 2.48. The van der Waals surface area contributed by atoms with Gasteiger partial charge in [0.25, 0.3) is 5.91 Å². The number of hydrogen-bond donors (Lipinski definition) is 2. The number of sulfonamides is 1. The van der Waals surface area contributed by atoms with Crippen molar-refractivity contribution >= 4 is 15.9 Å². The normalized spacial score (nSPS) is 16.6. The van der Waals surface area contributed by atoms with E-state index in [1.54, 1.807) is 24.3 Å². The van der Waals surface area contributed by atoms with Gasteiger partial charge < -0.3 is 5.32 Å². The van der Waals surface area contributed by atoms with E-state index in [1.807, 2.05) is 6.07 Å². The molecule has 6 heteroatoms. The number of rotatable bonds is 6. The molecule has 1 aliphatic carbocycles. The third kappa shape index (κ3) is 5.47. The first-order chi connectivity index (χ1) is 10.1. The van der Waals surface area contributed by atoms with Gasteiger partial charge in [0.1, 0.15) is 0 Å². The molecule has 5 nitrogen and oxygen atoms in total. The fraction of sp³-hybridized carbons (Fsp3) is 0.533. The van der Waals surface area contributed by atoms with E-state index in [9.17, 15) is 13.2 Å². The summed E-state index contributed by atoms with van der Waals surface area (Å²) in [4.78, 5) is 11.8. The molecule has 0 heterocycles. The van der Waals surface area contributed by atoms with Crippen LogP contribution >= 0.6 is 0 Å². The summed E-state index contributed by atoms with van der Waals surface area (Å²) in [6.07, 6.45) is 5.17. The molecule has 0 aromatic heterocycles. The molecule has 0 saturated heterocycles. The molecular weight excluding hydrogens is 288 g/mol. The quantitative estimate of drug-likeness (QED) is 0.839. The van der Waals surface area contributed by atoms with Gasteiger partial charge in [-0.05, 0) is 25.0 Å². The number of carbonyl (C=O) groups is 1. The summed E-state index contributed by atoms with van der Waals surface area (Å²) in [5.74, 6) is -0.328. The van der Waals surface area contributed by atoms with Gasteiger partial charge in [0.05, 0.1) is 5.75 Å². The highest BCUT2D eigenvalue weighted by atomic mass is 32.2. The molecule has 116 valence electrons. The van der Waals surface area contributed by atoms with Crippen LogP contribution in [0.1, 0.15) is 42.5 Å². The van der Waals surface area contributed by atoms with Gasteiger partial charge >= 0.3 is 0 Å². The minimum absolute atomic E-state index is 0.0635. The molecule has 0 atom stereocenters. The lowest BCUT2D eigenvalue weighted by atomic mass is 9.96. The summed E-state index contributed by atoms with van der Waals surface area (Å²) >= 11 is 0. The van der Waals surface area contributed by atoms with E-state index < -0.39 is 10.0 Å². The zero-order chi connectivity index (χ0) is 15.1. The zero-order valence-electron chi connectivity index (χ0n) is 12.0. The van der Waals surface area contributed by atoms with Crippen molar-refractivity contribution in [3.63, 3.8) is 0 Å². The van der Waals surface area contributed by atoms with Gasteiger partial charge in [0.15, 0.2) is 0 Å². The van der Waals surface area contributed by atoms with Gasteiger partial charge in [0, 0.05) is 18.2 Å². The molecule has 1 fully saturated rings. The van der Waals surface area contributed by atoms with Gasteiger partial charge in [-0.1, -0.05) is 37.5 Å². The average molecular weight is 310 g/mol. The second-order valence-electron chi connectivity index (χ2n) is 5.39. The SMILES string of the molecule is O=C(NCCS(=O)(=O)NC1CCCCC1)c1ccccc1. The molecule has 1 aromatic carbocycles. The maximum absolute atomic E-state index is 12.0. The molecule has 0 spiro atoms. The third-order valence-corrected chi connectivity index (χ3v) is 5.08. The number of benzene rings is 1. The lowest BCUT2D eigenvalue weighted by Crippen LogP contribution is -2.40. The summed E-state index contributed by atoms with van der Waals surface area (Å²) in [7, 11) is -3.32. The van der Waals surface area contributed by atoms with E-state index in [-0.39, 0.29) is 24.2 Å². The molecule has 2 N–H and O–H groups in total. The Bertz CT molecular complexity index is 552. The van der Waals surface area contributed by atoms with E-state index in [1.165, 1.54) is 6.42 Å². The van der Waals surface area contributed by atoms with Crippen molar-refractivity contribution in [2.45, 2.75) is 38.1 Å². The zero-order valence-corrected chi connectivity index (χ0v) is 12.9. The van der Waals surface area contributed by atoms with Crippen LogP contribution in [0.4, 0.5) is 0 Å². The largest absolute Gasteiger partial charge is 0.351 e. The summed E-state index contributed by atoms with van der Waals surface area (Å²) in [5, 5.41) is 2.63. The van der Waals surface area contributed by atoms with Gasteiger partial charge in [-0.15, -0.1) is 0 Å². The highest BCUT2D eigenvalue weighted by molar-refractivity contribution is 7.89. The Hall–Kier alpha value is -1.40. The van der Waals surface area contributed by atoms with Crippen molar-refractivity contribution in [2.24, 2.45) is 0 Å². The van der Waals surface area contributed by atoms with Gasteiger partial charge in [0.2, 0.25) is 10.0 Å². The number of carbonyl (C=O) groups excluding carboxylic acids is 1. The Labute approximate surface area is 126 Å². The molecule has 1 aliphatic rings. The van der Waals surface area contributed by atoms with Gasteiger partial charge in [-0.25, -0.2) is 13.1 Å². The monoisotopic (exact) mass is 310 g/mol. The van der Waals surface area contributed by atoms with Crippen LogP contribution < -0.4 is 10.0 Å². The van der Waals surface area contributed by atoms with Crippen molar-refractivity contribution in [1.29, 1.82) is 0 Å². The van der Waals surface area contributed by atoms with Crippen LogP contribution in [0.3, 0.4) is 0 Å². The maximum Gasteiger partial charge on any atom is 0.251 e. The fourth-order valence-electron chi connectivity index (χ4n) is 2.52. The Kier molecular flexibility index (Phi) is 5.76. The molecule has 0 bridgehead atoms. The van der Waals surface area contributed by atoms with Crippen LogP contribution in [-0.4, -0.2) is 32.7 Å². The number of hydrogen-bond acceptors (Lipinski definition) is 3. The molecule has 2 rings (SSSR count). The van der Waals surface area contributed by atoms with Crippen molar-refractivity contribution < 1.29 is 13.2 Å². The van der Waals surface area contributed by atoms with E-state index >= 15 is 0 Å². The van der Waals surface area contributed by atoms with Crippen LogP contribution in [0.2, 0.25) is 0 Å². The first-order valence-electron chi connectivity index (χ1n) is 7.40. The topological polar surface area (TPSA) is 75.3 Å². The Morgan fingerprint density at radius 1 is 1.10 bits per heavy atom. The van der Waals surface area contributed by atoms with Crippen molar-refractivity contribution in [3.05, 3.63) is 35.9 Å². The smallest absolute Gasteiger partial charge is 0.251 e. The molecular formula is C15H22N2O3S. The van der Waals surface area contributed by atoms with E-state index in [4.69, 9.17) is 0 Å². The Balaban J connectivity index is 1.75. The van der Waals surface area contributed by atoms with Crippen LogP contribution in [0.5, 0.6) is 0 Å². The van der Waals surface area contributed by atoms with Crippen LogP contribution in [0.25, 0.3) is 0 Å². The minimum Gasteiger partial charge on any atom is -0.351 e. The lowest BCUT2D eigenvalue weighted by Gasteiger charge is -2.22. The van der Waals surface area contributed by atoms with Gasteiger partial charge in [-0.3, -0.25) is 4.79 Å². The second-order valence-corrected chi connectivity index (χ2v) is 7.27. The van der Waals surface area contributed by atoms with Crippen LogP contribution in [0.15, 0.2) is 30.3 Å². The molecule has 0 aliphatic heterocycles. The number of amides is 1. The summed E-state index contributed by atoms with van der Waals surface area (Å²) < 4.78 is 26.6. The molecule has 0 unspecified atom stereocenters. The van der Waals surface area contributed by atoms with Crippen molar-refractivity contribution in [1.82, 2.24) is 10.0 Å². The third-order valence-electron chi connectivity index (χ3n) is 3.64. The molecule has 0 radical (unpaired) electrons. The standard InChI is InChI=1S/C15H22N2O3S/c18-15(13-7-3-1-4-8-13)16-11-12-21(19,20)17-14-9-5-2-6-10-14/h1,3-4,7-8,14,17H,2,5-6,9-12H2,(H,16,18). The molecule has 1 amide bonds. The Morgan fingerprint density at radius 3 is 2.43 bits per heavy atom. The maximum atomic E-state index is 12.0. The predicted molar refractivity (Wildman–Crippen MR) is 82.6 cm³/mol. The molecule has 1 saturated carbocycles. The van der Waals surface area contributed by atoms with Crippen molar-refractivity contribution in [3.8, 4) is 0 Å². The van der Waals surface area contributed by atoms with Crippen molar-refractivity contribution in [2.75, 3.05) is 12.3 Å². The minimum atomic E-state index is -3.32. The van der Waals surface area contributed by atoms with Gasteiger partial charge in [-0.2, -0.15) is 0 Å². The summed E-state index contributed by atoms with van der Waals surface area (Å²) in [6, 6.07) is 8.84. The lowest BCUT2D eigenvalue weighted by molar-refractivity contribution is 0.0956. The second kappa shape index (κ2) is 7.56. The Morgan fingerprint density at radius 2 is 1.76 bits per heavy atom. The fourth-order valence-corrected chi connectivity index (χ4v) is 3.76. The van der Waals surface area contributed by atoms with Crippen LogP contribution in [0, 0.1) is 0 Å². The van der Waals surface area contributed by atoms with Crippen LogP contribution in [-0.2, 0) is 10.0 Å². The predicted octanol–water partition coefficient (Wildman–Crippen LogP) is 1.67.